The van der Waals surface area contributed by atoms with Gasteiger partial charge in [0.1, 0.15) is 5.54 Å². The first kappa shape index (κ1) is 15.1. The number of primary amides is 1. The Hall–Kier alpha value is -2.29. The number of nitrogens with two attached hydrogens (primary N) is 1. The Morgan fingerprint density at radius 1 is 1.00 bits per heavy atom. The predicted octanol–water partition coefficient (Wildman–Crippen LogP) is 3.51. The van der Waals surface area contributed by atoms with Crippen LogP contribution < -0.4 is 11.1 Å². The van der Waals surface area contributed by atoms with Crippen molar-refractivity contribution in [3.63, 3.8) is 0 Å². The molecular formula is C18H22N2O. The molecule has 0 aliphatic rings. The van der Waals surface area contributed by atoms with Crippen molar-refractivity contribution in [3.8, 4) is 0 Å². The van der Waals surface area contributed by atoms with Crippen molar-refractivity contribution in [2.45, 2.75) is 32.7 Å². The monoisotopic (exact) mass is 282 g/mol. The molecule has 3 heteroatoms. The first-order valence-electron chi connectivity index (χ1n) is 7.20. The number of rotatable bonds is 5. The lowest BCUT2D eigenvalue weighted by Gasteiger charge is -2.32. The summed E-state index contributed by atoms with van der Waals surface area (Å²) in [5.74, 6) is -0.366. The van der Waals surface area contributed by atoms with Gasteiger partial charge in [-0.1, -0.05) is 54.4 Å². The molecule has 1 amide bonds. The molecule has 21 heavy (non-hydrogen) atoms. The third-order valence-electron chi connectivity index (χ3n) is 3.90. The topological polar surface area (TPSA) is 55.1 Å². The molecule has 0 fully saturated rings. The summed E-state index contributed by atoms with van der Waals surface area (Å²) >= 11 is 0. The SMILES string of the molecule is CCC(Nc1ccc(C)cc1)(C(N)=O)c1ccc(C)cc1. The third-order valence-corrected chi connectivity index (χ3v) is 3.90. The molecular weight excluding hydrogens is 260 g/mol. The molecule has 0 radical (unpaired) electrons. The van der Waals surface area contributed by atoms with Gasteiger partial charge < -0.3 is 11.1 Å². The minimum atomic E-state index is -0.886. The van der Waals surface area contributed by atoms with Crippen LogP contribution in [0.4, 0.5) is 5.69 Å². The second-order valence-electron chi connectivity index (χ2n) is 5.48. The van der Waals surface area contributed by atoms with Crippen molar-refractivity contribution in [1.82, 2.24) is 0 Å². The van der Waals surface area contributed by atoms with Gasteiger partial charge in [0.15, 0.2) is 0 Å². The Morgan fingerprint density at radius 2 is 1.48 bits per heavy atom. The molecule has 0 aliphatic carbocycles. The maximum absolute atomic E-state index is 12.2. The highest BCUT2D eigenvalue weighted by Gasteiger charge is 2.36. The van der Waals surface area contributed by atoms with Crippen molar-refractivity contribution < 1.29 is 4.79 Å². The number of amides is 1. The Balaban J connectivity index is 2.44. The number of hydrogen-bond acceptors (Lipinski definition) is 2. The number of benzene rings is 2. The summed E-state index contributed by atoms with van der Waals surface area (Å²) in [5.41, 5.74) is 8.96. The second kappa shape index (κ2) is 6.00. The summed E-state index contributed by atoms with van der Waals surface area (Å²) in [6.45, 7) is 6.02. The summed E-state index contributed by atoms with van der Waals surface area (Å²) in [6, 6.07) is 15.9. The van der Waals surface area contributed by atoms with Gasteiger partial charge in [0.05, 0.1) is 0 Å². The summed E-state index contributed by atoms with van der Waals surface area (Å²) in [4.78, 5) is 12.2. The van der Waals surface area contributed by atoms with E-state index in [9.17, 15) is 4.79 Å². The van der Waals surface area contributed by atoms with Crippen molar-refractivity contribution in [1.29, 1.82) is 0 Å². The Kier molecular flexibility index (Phi) is 4.32. The quantitative estimate of drug-likeness (QED) is 0.881. The fourth-order valence-electron chi connectivity index (χ4n) is 2.46. The highest BCUT2D eigenvalue weighted by Crippen LogP contribution is 2.30. The van der Waals surface area contributed by atoms with Crippen LogP contribution in [0.15, 0.2) is 48.5 Å². The first-order valence-corrected chi connectivity index (χ1v) is 7.20. The van der Waals surface area contributed by atoms with Gasteiger partial charge in [-0.3, -0.25) is 4.79 Å². The number of anilines is 1. The molecule has 0 aliphatic heterocycles. The van der Waals surface area contributed by atoms with E-state index < -0.39 is 5.54 Å². The number of nitrogens with one attached hydrogen (secondary N) is 1. The molecule has 0 bridgehead atoms. The van der Waals surface area contributed by atoms with Gasteiger partial charge in [0, 0.05) is 5.69 Å². The zero-order chi connectivity index (χ0) is 15.5. The molecule has 3 N–H and O–H groups in total. The van der Waals surface area contributed by atoms with Gasteiger partial charge in [-0.25, -0.2) is 0 Å². The number of carbonyl (C=O) groups excluding carboxylic acids is 1. The molecule has 1 unspecified atom stereocenters. The van der Waals surface area contributed by atoms with Crippen LogP contribution in [-0.4, -0.2) is 5.91 Å². The minimum absolute atomic E-state index is 0.366. The molecule has 0 aromatic heterocycles. The third kappa shape index (κ3) is 3.07. The standard InChI is InChI=1S/C18H22N2O/c1-4-18(17(19)21,15-9-5-13(2)6-10-15)20-16-11-7-14(3)8-12-16/h5-12,20H,4H2,1-3H3,(H2,19,21). The first-order chi connectivity index (χ1) is 9.98. The molecule has 110 valence electrons. The van der Waals surface area contributed by atoms with E-state index in [1.165, 1.54) is 5.56 Å². The van der Waals surface area contributed by atoms with Crippen LogP contribution in [0.5, 0.6) is 0 Å². The van der Waals surface area contributed by atoms with E-state index in [4.69, 9.17) is 5.73 Å². The van der Waals surface area contributed by atoms with Crippen LogP contribution in [0, 0.1) is 13.8 Å². The van der Waals surface area contributed by atoms with Crippen molar-refractivity contribution >= 4 is 11.6 Å². The van der Waals surface area contributed by atoms with Crippen LogP contribution in [0.2, 0.25) is 0 Å². The predicted molar refractivity (Wildman–Crippen MR) is 87.1 cm³/mol. The van der Waals surface area contributed by atoms with Gasteiger partial charge in [-0.15, -0.1) is 0 Å². The van der Waals surface area contributed by atoms with Crippen LogP contribution in [-0.2, 0) is 10.3 Å². The van der Waals surface area contributed by atoms with Crippen molar-refractivity contribution in [2.75, 3.05) is 5.32 Å². The smallest absolute Gasteiger partial charge is 0.247 e. The maximum Gasteiger partial charge on any atom is 0.247 e. The van der Waals surface area contributed by atoms with Crippen LogP contribution in [0.3, 0.4) is 0 Å². The van der Waals surface area contributed by atoms with Crippen LogP contribution >= 0.6 is 0 Å². The summed E-state index contributed by atoms with van der Waals surface area (Å²) in [5, 5.41) is 3.33. The van der Waals surface area contributed by atoms with E-state index in [1.807, 2.05) is 69.3 Å². The van der Waals surface area contributed by atoms with Crippen molar-refractivity contribution in [2.24, 2.45) is 5.73 Å². The van der Waals surface area contributed by atoms with Crippen molar-refractivity contribution in [3.05, 3.63) is 65.2 Å². The molecule has 0 spiro atoms. The van der Waals surface area contributed by atoms with E-state index in [1.54, 1.807) is 0 Å². The molecule has 1 atom stereocenters. The summed E-state index contributed by atoms with van der Waals surface area (Å²) < 4.78 is 0. The average molecular weight is 282 g/mol. The lowest BCUT2D eigenvalue weighted by atomic mass is 9.85. The van der Waals surface area contributed by atoms with Gasteiger partial charge in [-0.05, 0) is 38.0 Å². The maximum atomic E-state index is 12.2. The van der Waals surface area contributed by atoms with Crippen LogP contribution in [0.1, 0.15) is 30.0 Å². The number of aryl methyl sites for hydroxylation is 2. The van der Waals surface area contributed by atoms with E-state index in [2.05, 4.69) is 5.32 Å². The molecule has 2 rings (SSSR count). The molecule has 2 aromatic carbocycles. The number of carbonyl (C=O) groups is 1. The highest BCUT2D eigenvalue weighted by molar-refractivity contribution is 5.89. The van der Waals surface area contributed by atoms with Gasteiger partial charge >= 0.3 is 0 Å². The molecule has 0 saturated heterocycles. The lowest BCUT2D eigenvalue weighted by molar-refractivity contribution is -0.122. The molecule has 3 nitrogen and oxygen atoms in total. The van der Waals surface area contributed by atoms with Gasteiger partial charge in [-0.2, -0.15) is 0 Å². The zero-order valence-corrected chi connectivity index (χ0v) is 12.8. The molecule has 0 saturated carbocycles. The Labute approximate surface area is 126 Å². The number of hydrogen-bond donors (Lipinski definition) is 2. The highest BCUT2D eigenvalue weighted by atomic mass is 16.1. The molecule has 2 aromatic rings. The van der Waals surface area contributed by atoms with E-state index in [0.717, 1.165) is 16.8 Å². The normalized spacial score (nSPS) is 13.5. The average Bonchev–Trinajstić information content (AvgIpc) is 2.47. The summed E-state index contributed by atoms with van der Waals surface area (Å²) in [7, 11) is 0. The fourth-order valence-corrected chi connectivity index (χ4v) is 2.46. The fraction of sp³-hybridized carbons (Fsp3) is 0.278. The van der Waals surface area contributed by atoms with Crippen LogP contribution in [0.25, 0.3) is 0 Å². The lowest BCUT2D eigenvalue weighted by Crippen LogP contribution is -2.47. The van der Waals surface area contributed by atoms with Gasteiger partial charge in [0.25, 0.3) is 0 Å². The largest absolute Gasteiger partial charge is 0.368 e. The second-order valence-corrected chi connectivity index (χ2v) is 5.48. The Bertz CT molecular complexity index is 617. The van der Waals surface area contributed by atoms with Gasteiger partial charge in [0.2, 0.25) is 5.91 Å². The Morgan fingerprint density at radius 3 is 1.90 bits per heavy atom. The van der Waals surface area contributed by atoms with E-state index >= 15 is 0 Å². The van der Waals surface area contributed by atoms with E-state index in [0.29, 0.717) is 6.42 Å². The van der Waals surface area contributed by atoms with E-state index in [-0.39, 0.29) is 5.91 Å². The zero-order valence-electron chi connectivity index (χ0n) is 12.8. The molecule has 0 heterocycles. The minimum Gasteiger partial charge on any atom is -0.368 e. The summed E-state index contributed by atoms with van der Waals surface area (Å²) in [6.07, 6.45) is 0.583.